The molecule has 0 bridgehead atoms. The van der Waals surface area contributed by atoms with Crippen LogP contribution in [-0.2, 0) is 6.15 Å². The second kappa shape index (κ2) is 9.48. The molecule has 29 heavy (non-hydrogen) atoms. The molecule has 176 valence electrons. The van der Waals surface area contributed by atoms with Gasteiger partial charge in [0.05, 0.1) is 0 Å². The van der Waals surface area contributed by atoms with Gasteiger partial charge in [0.15, 0.2) is 0 Å². The van der Waals surface area contributed by atoms with Gasteiger partial charge in [0.1, 0.15) is 0 Å². The summed E-state index contributed by atoms with van der Waals surface area (Å²) in [5, 5.41) is 0. The van der Waals surface area contributed by atoms with Crippen molar-refractivity contribution >= 4 is 19.2 Å². The maximum absolute atomic E-state index is 14.4. The molecule has 0 aromatic carbocycles. The molecule has 0 aromatic rings. The van der Waals surface area contributed by atoms with Crippen LogP contribution in [0.1, 0.15) is 13.8 Å². The molecule has 0 aromatic heterocycles. The molecular formula is C12H14F14O2Sn. The molecule has 2 unspecified atom stereocenters. The average molecular weight is 575 g/mol. The van der Waals surface area contributed by atoms with E-state index in [1.165, 1.54) is 0 Å². The summed E-state index contributed by atoms with van der Waals surface area (Å²) in [4.78, 5) is 0. The van der Waals surface area contributed by atoms with Crippen LogP contribution in [0.25, 0.3) is 0 Å². The van der Waals surface area contributed by atoms with Crippen LogP contribution in [-0.4, -0.2) is 77.3 Å². The summed E-state index contributed by atoms with van der Waals surface area (Å²) in [7, 11) is 0. The Morgan fingerprint density at radius 3 is 0.966 bits per heavy atom. The molecule has 0 aliphatic carbocycles. The Bertz CT molecular complexity index is 483. The molecule has 0 fully saturated rings. The van der Waals surface area contributed by atoms with Gasteiger partial charge in [-0.3, -0.25) is 0 Å². The average Bonchev–Trinajstić information content (AvgIpc) is 2.59. The van der Waals surface area contributed by atoms with Gasteiger partial charge >= 0.3 is 159 Å². The van der Waals surface area contributed by atoms with Crippen LogP contribution < -0.4 is 0 Å². The van der Waals surface area contributed by atoms with E-state index >= 15 is 0 Å². The zero-order chi connectivity index (χ0) is 23.6. The fourth-order valence-electron chi connectivity index (χ4n) is 2.05. The zero-order valence-electron chi connectivity index (χ0n) is 14.3. The Morgan fingerprint density at radius 2 is 0.793 bits per heavy atom. The number of halogens is 14. The van der Waals surface area contributed by atoms with Crippen molar-refractivity contribution in [1.82, 2.24) is 0 Å². The molecule has 2 nitrogen and oxygen atoms in total. The van der Waals surface area contributed by atoms with Gasteiger partial charge in [-0.1, -0.05) is 0 Å². The van der Waals surface area contributed by atoms with Crippen LogP contribution in [0.15, 0.2) is 0 Å². The molecular weight excluding hydrogens is 561 g/mol. The van der Waals surface area contributed by atoms with Crippen molar-refractivity contribution in [2.75, 3.05) is 13.2 Å². The SMILES string of the molecule is CC[O][Sn]([O]CC)([CH](F)C(F)(F)C(F)(F)C(F)F)[CH](F)C(F)(F)C(F)(F)C(F)F. The van der Waals surface area contributed by atoms with E-state index in [1.807, 2.05) is 0 Å². The van der Waals surface area contributed by atoms with Crippen molar-refractivity contribution in [2.24, 2.45) is 0 Å². The standard InChI is InChI=1S/2C4H2F7.2C2H5O.Sn/c2*5-1-3(8,9)4(10,11)2(6)7;2*1-2-3;/h2*1-2H;2*2H2,1H3;/q;;2*-1;+2. The predicted molar refractivity (Wildman–Crippen MR) is 70.6 cm³/mol. The summed E-state index contributed by atoms with van der Waals surface area (Å²) in [5.41, 5.74) is 0. The second-order valence-corrected chi connectivity index (χ2v) is 14.1. The van der Waals surface area contributed by atoms with Crippen molar-refractivity contribution in [3.05, 3.63) is 0 Å². The molecule has 0 spiro atoms. The van der Waals surface area contributed by atoms with E-state index in [-0.39, 0.29) is 0 Å². The Hall–Kier alpha value is -0.261. The van der Waals surface area contributed by atoms with Crippen LogP contribution in [0.4, 0.5) is 61.5 Å². The quantitative estimate of drug-likeness (QED) is 0.232. The second-order valence-electron chi connectivity index (χ2n) is 5.41. The van der Waals surface area contributed by atoms with Crippen LogP contribution in [0.5, 0.6) is 0 Å². The maximum atomic E-state index is 14.4. The Kier molecular flexibility index (Phi) is 9.39. The normalized spacial score (nSPS) is 17.2. The van der Waals surface area contributed by atoms with E-state index < -0.39 is 77.3 Å². The first kappa shape index (κ1) is 28.7. The fraction of sp³-hybridized carbons (Fsp3) is 1.00. The third-order valence-electron chi connectivity index (χ3n) is 3.52. The van der Waals surface area contributed by atoms with E-state index in [4.69, 9.17) is 0 Å². The molecule has 0 saturated carbocycles. The third-order valence-corrected chi connectivity index (χ3v) is 13.8. The van der Waals surface area contributed by atoms with Crippen LogP contribution in [0.3, 0.4) is 0 Å². The van der Waals surface area contributed by atoms with Crippen molar-refractivity contribution in [2.45, 2.75) is 58.8 Å². The first-order valence-corrected chi connectivity index (χ1v) is 13.1. The van der Waals surface area contributed by atoms with Gasteiger partial charge in [0.2, 0.25) is 0 Å². The van der Waals surface area contributed by atoms with Crippen molar-refractivity contribution in [3.8, 4) is 0 Å². The number of rotatable bonds is 12. The monoisotopic (exact) mass is 576 g/mol. The third kappa shape index (κ3) is 4.82. The Morgan fingerprint density at radius 1 is 0.552 bits per heavy atom. The van der Waals surface area contributed by atoms with Gasteiger partial charge < -0.3 is 0 Å². The first-order valence-electron chi connectivity index (χ1n) is 7.45. The molecule has 0 aliphatic rings. The van der Waals surface area contributed by atoms with E-state index in [1.54, 1.807) is 0 Å². The van der Waals surface area contributed by atoms with E-state index in [0.29, 0.717) is 13.8 Å². The van der Waals surface area contributed by atoms with E-state index in [0.717, 1.165) is 0 Å². The summed E-state index contributed by atoms with van der Waals surface area (Å²) < 4.78 is 183. The summed E-state index contributed by atoms with van der Waals surface area (Å²) >= 11 is -8.05. The topological polar surface area (TPSA) is 18.5 Å². The molecule has 0 rings (SSSR count). The van der Waals surface area contributed by atoms with Crippen LogP contribution in [0.2, 0.25) is 0 Å². The predicted octanol–water partition coefficient (Wildman–Crippen LogP) is 5.33. The molecule has 0 amide bonds. The molecule has 17 heteroatoms. The summed E-state index contributed by atoms with van der Waals surface area (Å²) in [6, 6.07) is 0. The van der Waals surface area contributed by atoms with E-state index in [9.17, 15) is 61.5 Å². The fourth-order valence-corrected chi connectivity index (χ4v) is 11.2. The zero-order valence-corrected chi connectivity index (χ0v) is 17.2. The van der Waals surface area contributed by atoms with Crippen molar-refractivity contribution in [1.29, 1.82) is 0 Å². The summed E-state index contributed by atoms with van der Waals surface area (Å²) in [6.45, 7) is -1.19. The minimum atomic E-state index is -8.05. The van der Waals surface area contributed by atoms with Gasteiger partial charge in [-0.05, 0) is 0 Å². The first-order chi connectivity index (χ1) is 12.8. The van der Waals surface area contributed by atoms with Gasteiger partial charge in [-0.15, -0.1) is 0 Å². The van der Waals surface area contributed by atoms with Crippen molar-refractivity contribution < 1.29 is 67.6 Å². The molecule has 0 saturated heterocycles. The Balaban J connectivity index is 6.70. The number of hydrogen-bond acceptors (Lipinski definition) is 2. The van der Waals surface area contributed by atoms with Gasteiger partial charge in [0, 0.05) is 0 Å². The van der Waals surface area contributed by atoms with E-state index in [2.05, 4.69) is 6.15 Å². The Labute approximate surface area is 159 Å². The molecule has 0 aliphatic heterocycles. The summed E-state index contributed by atoms with van der Waals surface area (Å²) in [6.07, 6.45) is -10.6. The van der Waals surface area contributed by atoms with Crippen LogP contribution in [0, 0.1) is 0 Å². The molecule has 0 heterocycles. The molecule has 0 N–H and O–H groups in total. The van der Waals surface area contributed by atoms with Crippen molar-refractivity contribution in [3.63, 3.8) is 0 Å². The molecule has 0 radical (unpaired) electrons. The number of alkyl halides is 14. The minimum absolute atomic E-state index is 0.664. The summed E-state index contributed by atoms with van der Waals surface area (Å²) in [5.74, 6) is -26.5. The number of hydrogen-bond donors (Lipinski definition) is 0. The van der Waals surface area contributed by atoms with Gasteiger partial charge in [-0.25, -0.2) is 0 Å². The molecule has 2 atom stereocenters. The van der Waals surface area contributed by atoms with Gasteiger partial charge in [0.25, 0.3) is 0 Å². The van der Waals surface area contributed by atoms with Crippen LogP contribution >= 0.6 is 0 Å². The van der Waals surface area contributed by atoms with Gasteiger partial charge in [-0.2, -0.15) is 0 Å².